The van der Waals surface area contributed by atoms with Gasteiger partial charge in [-0.25, -0.2) is 0 Å². The molecular weight excluding hydrogens is 468 g/mol. The van der Waals surface area contributed by atoms with E-state index in [1.54, 1.807) is 0 Å². The van der Waals surface area contributed by atoms with Gasteiger partial charge in [0.15, 0.2) is 5.82 Å². The van der Waals surface area contributed by atoms with Crippen LogP contribution < -0.4 is 5.43 Å². The molecule has 2 N–H and O–H groups in total. The van der Waals surface area contributed by atoms with Gasteiger partial charge in [0.1, 0.15) is 11.3 Å². The average molecular weight is 497 g/mol. The first-order valence-corrected chi connectivity index (χ1v) is 12.7. The first kappa shape index (κ1) is 23.8. The Kier molecular flexibility index (Phi) is 6.06. The summed E-state index contributed by atoms with van der Waals surface area (Å²) in [6.45, 7) is 4.21. The zero-order valence-electron chi connectivity index (χ0n) is 21.4. The zero-order chi connectivity index (χ0) is 26.1. The van der Waals surface area contributed by atoms with Crippen molar-refractivity contribution in [1.82, 2.24) is 10.2 Å². The predicted octanol–water partition coefficient (Wildman–Crippen LogP) is 7.06. The highest BCUT2D eigenvalue weighted by molar-refractivity contribution is 6.09. The maximum absolute atomic E-state index is 11.9. The number of hydrogen-bond donors (Lipinski definition) is 2. The standard InChI is InChI=1S/C33H28N4O/c1-22-17-18-25(19-23(22)2)31-28-15-9-10-16-29(28)32(37-35-31)36-34-27-20-30(24-11-5-3-6-12-24)33(38,21-27)26-13-7-4-8-14-26/h3-20,38H,21H2,1-2H3,(H,36,37). The van der Waals surface area contributed by atoms with Gasteiger partial charge in [0.25, 0.3) is 0 Å². The van der Waals surface area contributed by atoms with Crippen LogP contribution in [0.3, 0.4) is 0 Å². The number of nitrogens with zero attached hydrogens (tertiary/aromatic N) is 3. The lowest BCUT2D eigenvalue weighted by atomic mass is 9.84. The minimum absolute atomic E-state index is 0.348. The van der Waals surface area contributed by atoms with Crippen molar-refractivity contribution in [3.63, 3.8) is 0 Å². The molecule has 0 bridgehead atoms. The Morgan fingerprint density at radius 2 is 1.42 bits per heavy atom. The number of aryl methyl sites for hydroxylation is 2. The average Bonchev–Trinajstić information content (AvgIpc) is 3.31. The third-order valence-electron chi connectivity index (χ3n) is 7.30. The molecule has 1 unspecified atom stereocenters. The summed E-state index contributed by atoms with van der Waals surface area (Å²) in [7, 11) is 0. The van der Waals surface area contributed by atoms with Gasteiger partial charge in [-0.3, -0.25) is 5.43 Å². The number of rotatable bonds is 5. The van der Waals surface area contributed by atoms with E-state index in [-0.39, 0.29) is 0 Å². The van der Waals surface area contributed by atoms with E-state index in [1.807, 2.05) is 84.9 Å². The van der Waals surface area contributed by atoms with Crippen molar-refractivity contribution in [3.05, 3.63) is 131 Å². The number of aromatic nitrogens is 2. The lowest BCUT2D eigenvalue weighted by molar-refractivity contribution is 0.113. The molecule has 5 nitrogen and oxygen atoms in total. The Bertz CT molecular complexity index is 1690. The molecule has 6 rings (SSSR count). The van der Waals surface area contributed by atoms with E-state index >= 15 is 0 Å². The zero-order valence-corrected chi connectivity index (χ0v) is 21.4. The van der Waals surface area contributed by atoms with Crippen molar-refractivity contribution < 1.29 is 5.11 Å². The van der Waals surface area contributed by atoms with E-state index in [1.165, 1.54) is 11.1 Å². The minimum Gasteiger partial charge on any atom is -0.380 e. The van der Waals surface area contributed by atoms with Gasteiger partial charge in [0, 0.05) is 22.8 Å². The molecule has 0 saturated carbocycles. The highest BCUT2D eigenvalue weighted by atomic mass is 16.3. The molecule has 0 saturated heterocycles. The van der Waals surface area contributed by atoms with Crippen LogP contribution in [0.15, 0.2) is 114 Å². The predicted molar refractivity (Wildman–Crippen MR) is 155 cm³/mol. The van der Waals surface area contributed by atoms with Crippen LogP contribution in [0.5, 0.6) is 0 Å². The maximum Gasteiger partial charge on any atom is 0.176 e. The Morgan fingerprint density at radius 3 is 2.16 bits per heavy atom. The second-order valence-electron chi connectivity index (χ2n) is 9.78. The summed E-state index contributed by atoms with van der Waals surface area (Å²) in [6, 6.07) is 34.2. The minimum atomic E-state index is -1.18. The van der Waals surface area contributed by atoms with Crippen molar-refractivity contribution in [2.24, 2.45) is 5.10 Å². The lowest BCUT2D eigenvalue weighted by Gasteiger charge is -2.27. The van der Waals surface area contributed by atoms with Crippen molar-refractivity contribution in [1.29, 1.82) is 0 Å². The fraction of sp³-hybridized carbons (Fsp3) is 0.121. The highest BCUT2D eigenvalue weighted by Crippen LogP contribution is 2.44. The van der Waals surface area contributed by atoms with E-state index in [0.29, 0.717) is 12.2 Å². The molecule has 186 valence electrons. The normalized spacial score (nSPS) is 18.1. The van der Waals surface area contributed by atoms with Gasteiger partial charge in [-0.2, -0.15) is 5.10 Å². The van der Waals surface area contributed by atoms with Gasteiger partial charge >= 0.3 is 0 Å². The first-order chi connectivity index (χ1) is 18.5. The Morgan fingerprint density at radius 1 is 0.737 bits per heavy atom. The summed E-state index contributed by atoms with van der Waals surface area (Å²) in [6.07, 6.45) is 2.31. The fourth-order valence-corrected chi connectivity index (χ4v) is 5.09. The summed E-state index contributed by atoms with van der Waals surface area (Å²) in [4.78, 5) is 0. The molecule has 1 aliphatic carbocycles. The summed E-state index contributed by atoms with van der Waals surface area (Å²) in [5, 5.41) is 27.6. The van der Waals surface area contributed by atoms with Crippen molar-refractivity contribution >= 4 is 27.9 Å². The number of fused-ring (bicyclic) bond motifs is 1. The SMILES string of the molecule is Cc1ccc(-c2nnc(NN=C3C=C(c4ccccc4)C(O)(c4ccccc4)C3)c3ccccc23)cc1C. The quantitative estimate of drug-likeness (QED) is 0.256. The van der Waals surface area contributed by atoms with Gasteiger partial charge in [0.2, 0.25) is 0 Å². The third kappa shape index (κ3) is 4.27. The van der Waals surface area contributed by atoms with Gasteiger partial charge in [-0.15, -0.1) is 10.2 Å². The molecule has 0 fully saturated rings. The maximum atomic E-state index is 11.9. The van der Waals surface area contributed by atoms with Crippen LogP contribution >= 0.6 is 0 Å². The molecular formula is C33H28N4O. The fourth-order valence-electron chi connectivity index (χ4n) is 5.09. The Balaban J connectivity index is 1.38. The van der Waals surface area contributed by atoms with E-state index in [2.05, 4.69) is 53.7 Å². The van der Waals surface area contributed by atoms with E-state index < -0.39 is 5.60 Å². The molecule has 1 heterocycles. The summed E-state index contributed by atoms with van der Waals surface area (Å²) >= 11 is 0. The second-order valence-corrected chi connectivity index (χ2v) is 9.78. The van der Waals surface area contributed by atoms with Gasteiger partial charge in [-0.05, 0) is 53.8 Å². The molecule has 5 aromatic rings. The third-order valence-corrected chi connectivity index (χ3v) is 7.30. The Hall–Kier alpha value is -4.61. The van der Waals surface area contributed by atoms with Crippen molar-refractivity contribution in [2.45, 2.75) is 25.9 Å². The number of benzene rings is 4. The van der Waals surface area contributed by atoms with Crippen LogP contribution in [0.2, 0.25) is 0 Å². The lowest BCUT2D eigenvalue weighted by Crippen LogP contribution is -2.25. The number of hydrogen-bond acceptors (Lipinski definition) is 5. The van der Waals surface area contributed by atoms with Crippen LogP contribution in [0.1, 0.15) is 28.7 Å². The monoisotopic (exact) mass is 496 g/mol. The van der Waals surface area contributed by atoms with Gasteiger partial charge in [0.05, 0.1) is 5.71 Å². The van der Waals surface area contributed by atoms with E-state index in [9.17, 15) is 5.11 Å². The molecule has 0 aliphatic heterocycles. The summed E-state index contributed by atoms with van der Waals surface area (Å²) < 4.78 is 0. The first-order valence-electron chi connectivity index (χ1n) is 12.7. The van der Waals surface area contributed by atoms with Crippen LogP contribution in [0.25, 0.3) is 27.6 Å². The van der Waals surface area contributed by atoms with Crippen LogP contribution in [0.4, 0.5) is 5.82 Å². The number of allylic oxidation sites excluding steroid dienone is 1. The molecule has 5 heteroatoms. The van der Waals surface area contributed by atoms with E-state index in [0.717, 1.165) is 44.4 Å². The van der Waals surface area contributed by atoms with E-state index in [4.69, 9.17) is 5.10 Å². The highest BCUT2D eigenvalue weighted by Gasteiger charge is 2.40. The smallest absolute Gasteiger partial charge is 0.176 e. The largest absolute Gasteiger partial charge is 0.380 e. The summed E-state index contributed by atoms with van der Waals surface area (Å²) in [5.41, 5.74) is 9.67. The number of anilines is 1. The molecule has 0 amide bonds. The summed E-state index contributed by atoms with van der Waals surface area (Å²) in [5.74, 6) is 0.575. The molecule has 38 heavy (non-hydrogen) atoms. The second kappa shape index (κ2) is 9.69. The number of nitrogens with one attached hydrogen (secondary N) is 1. The van der Waals surface area contributed by atoms with Crippen molar-refractivity contribution in [2.75, 3.05) is 5.43 Å². The molecule has 1 atom stereocenters. The van der Waals surface area contributed by atoms with Crippen molar-refractivity contribution in [3.8, 4) is 11.3 Å². The molecule has 1 aromatic heterocycles. The van der Waals surface area contributed by atoms with Gasteiger partial charge < -0.3 is 5.11 Å². The number of aliphatic hydroxyl groups is 1. The molecule has 0 radical (unpaired) electrons. The topological polar surface area (TPSA) is 70.4 Å². The number of hydrazone groups is 1. The molecule has 1 aliphatic rings. The van der Waals surface area contributed by atoms with Crippen LogP contribution in [-0.4, -0.2) is 21.0 Å². The molecule has 4 aromatic carbocycles. The van der Waals surface area contributed by atoms with Crippen LogP contribution in [-0.2, 0) is 5.60 Å². The Labute approximate surface area is 222 Å². The van der Waals surface area contributed by atoms with Crippen LogP contribution in [0, 0.1) is 13.8 Å². The molecule has 0 spiro atoms. The van der Waals surface area contributed by atoms with Gasteiger partial charge in [-0.1, -0.05) is 97.1 Å².